The van der Waals surface area contributed by atoms with Crippen molar-refractivity contribution in [2.45, 2.75) is 65.8 Å². The lowest BCUT2D eigenvalue weighted by Crippen LogP contribution is -2.49. The van der Waals surface area contributed by atoms with Gasteiger partial charge in [-0.3, -0.25) is 4.99 Å². The van der Waals surface area contributed by atoms with Crippen LogP contribution in [0.1, 0.15) is 59.8 Å². The van der Waals surface area contributed by atoms with Gasteiger partial charge in [-0.15, -0.1) is 24.0 Å². The van der Waals surface area contributed by atoms with Gasteiger partial charge in [-0.25, -0.2) is 0 Å². The fourth-order valence-electron chi connectivity index (χ4n) is 3.44. The van der Waals surface area contributed by atoms with Gasteiger partial charge in [-0.1, -0.05) is 46.5 Å². The first-order valence-electron chi connectivity index (χ1n) is 10.5. The van der Waals surface area contributed by atoms with Crippen molar-refractivity contribution in [3.05, 3.63) is 0 Å². The third-order valence-electron chi connectivity index (χ3n) is 5.20. The molecule has 0 radical (unpaired) electrons. The van der Waals surface area contributed by atoms with E-state index in [0.717, 1.165) is 12.5 Å². The summed E-state index contributed by atoms with van der Waals surface area (Å²) in [5.41, 5.74) is 0. The number of guanidine groups is 1. The molecule has 1 heterocycles. The maximum atomic E-state index is 4.39. The van der Waals surface area contributed by atoms with Gasteiger partial charge in [0, 0.05) is 52.4 Å². The summed E-state index contributed by atoms with van der Waals surface area (Å²) in [6.07, 6.45) is 6.52. The van der Waals surface area contributed by atoms with Crippen molar-refractivity contribution >= 4 is 29.9 Å². The Morgan fingerprint density at radius 1 is 1.00 bits per heavy atom. The van der Waals surface area contributed by atoms with Crippen LogP contribution >= 0.6 is 24.0 Å². The van der Waals surface area contributed by atoms with Crippen LogP contribution in [0.15, 0.2) is 4.99 Å². The summed E-state index contributed by atoms with van der Waals surface area (Å²) < 4.78 is 0. The molecule has 0 aromatic heterocycles. The average Bonchev–Trinajstić information content (AvgIpc) is 2.63. The summed E-state index contributed by atoms with van der Waals surface area (Å²) >= 11 is 0. The largest absolute Gasteiger partial charge is 0.356 e. The number of likely N-dealkylation sites (N-methyl/N-ethyl adjacent to an activating group) is 1. The van der Waals surface area contributed by atoms with Crippen molar-refractivity contribution in [2.24, 2.45) is 10.9 Å². The number of hydrogen-bond acceptors (Lipinski definition) is 3. The zero-order chi connectivity index (χ0) is 18.5. The summed E-state index contributed by atoms with van der Waals surface area (Å²) in [6, 6.07) is 0.487. The molecule has 1 aliphatic heterocycles. The minimum Gasteiger partial charge on any atom is -0.356 e. The van der Waals surface area contributed by atoms with Crippen molar-refractivity contribution in [3.8, 4) is 0 Å². The van der Waals surface area contributed by atoms with Gasteiger partial charge >= 0.3 is 0 Å². The van der Waals surface area contributed by atoms with Crippen molar-refractivity contribution < 1.29 is 0 Å². The third kappa shape index (κ3) is 11.6. The summed E-state index contributed by atoms with van der Waals surface area (Å²) in [5, 5.41) is 7.05. The first-order valence-corrected chi connectivity index (χ1v) is 10.5. The Balaban J connectivity index is 0.00000625. The molecule has 2 atom stereocenters. The Morgan fingerprint density at radius 2 is 1.65 bits per heavy atom. The van der Waals surface area contributed by atoms with E-state index in [1.54, 1.807) is 0 Å². The lowest BCUT2D eigenvalue weighted by atomic mass is 10.1. The second-order valence-corrected chi connectivity index (χ2v) is 7.69. The second-order valence-electron chi connectivity index (χ2n) is 7.69. The average molecular weight is 482 g/mol. The number of rotatable bonds is 11. The number of piperazine rings is 1. The topological polar surface area (TPSA) is 42.9 Å². The summed E-state index contributed by atoms with van der Waals surface area (Å²) in [7, 11) is 1.87. The highest BCUT2D eigenvalue weighted by Gasteiger charge is 2.17. The lowest BCUT2D eigenvalue weighted by Gasteiger charge is -2.35. The van der Waals surface area contributed by atoms with Crippen molar-refractivity contribution in [1.82, 2.24) is 20.4 Å². The van der Waals surface area contributed by atoms with E-state index >= 15 is 0 Å². The Labute approximate surface area is 179 Å². The van der Waals surface area contributed by atoms with Crippen molar-refractivity contribution in [2.75, 3.05) is 52.9 Å². The highest BCUT2D eigenvalue weighted by atomic mass is 127. The van der Waals surface area contributed by atoms with Crippen LogP contribution in [-0.4, -0.2) is 74.7 Å². The maximum absolute atomic E-state index is 4.39. The molecule has 1 saturated heterocycles. The summed E-state index contributed by atoms with van der Waals surface area (Å²) in [4.78, 5) is 9.52. The molecule has 2 unspecified atom stereocenters. The SMILES string of the molecule is CCCCCCC(C)NC(=NC)NCC(C)CN1CCN(CC)CC1.I. The molecule has 0 bridgehead atoms. The highest BCUT2D eigenvalue weighted by Crippen LogP contribution is 2.06. The van der Waals surface area contributed by atoms with Gasteiger partial charge in [0.05, 0.1) is 0 Å². The van der Waals surface area contributed by atoms with E-state index in [9.17, 15) is 0 Å². The smallest absolute Gasteiger partial charge is 0.191 e. The first-order chi connectivity index (χ1) is 12.1. The zero-order valence-electron chi connectivity index (χ0n) is 17.9. The molecule has 0 aromatic carbocycles. The van der Waals surface area contributed by atoms with Crippen LogP contribution in [0.2, 0.25) is 0 Å². The van der Waals surface area contributed by atoms with Crippen LogP contribution in [0, 0.1) is 5.92 Å². The molecule has 6 heteroatoms. The van der Waals surface area contributed by atoms with E-state index in [0.29, 0.717) is 12.0 Å². The monoisotopic (exact) mass is 481 g/mol. The van der Waals surface area contributed by atoms with Crippen molar-refractivity contribution in [1.29, 1.82) is 0 Å². The van der Waals surface area contributed by atoms with Gasteiger partial charge < -0.3 is 20.4 Å². The molecule has 2 N–H and O–H groups in total. The number of aliphatic imine (C=N–C) groups is 1. The number of nitrogens with zero attached hydrogens (tertiary/aromatic N) is 3. The quantitative estimate of drug-likeness (QED) is 0.206. The molecular weight excluding hydrogens is 437 g/mol. The predicted molar refractivity (Wildman–Crippen MR) is 126 cm³/mol. The lowest BCUT2D eigenvalue weighted by molar-refractivity contribution is 0.124. The van der Waals surface area contributed by atoms with Crippen molar-refractivity contribution in [3.63, 3.8) is 0 Å². The molecule has 0 aromatic rings. The third-order valence-corrected chi connectivity index (χ3v) is 5.20. The zero-order valence-corrected chi connectivity index (χ0v) is 20.2. The Kier molecular flexibility index (Phi) is 15.9. The fraction of sp³-hybridized carbons (Fsp3) is 0.950. The van der Waals surface area contributed by atoms with E-state index < -0.39 is 0 Å². The Hall–Kier alpha value is -0.0800. The Morgan fingerprint density at radius 3 is 2.23 bits per heavy atom. The fourth-order valence-corrected chi connectivity index (χ4v) is 3.44. The van der Waals surface area contributed by atoms with E-state index in [1.807, 2.05) is 7.05 Å². The van der Waals surface area contributed by atoms with Gasteiger partial charge in [-0.05, 0) is 25.8 Å². The van der Waals surface area contributed by atoms with Gasteiger partial charge in [0.1, 0.15) is 0 Å². The molecule has 5 nitrogen and oxygen atoms in total. The molecule has 1 rings (SSSR count). The van der Waals surface area contributed by atoms with Crippen LogP contribution in [0.3, 0.4) is 0 Å². The molecule has 1 fully saturated rings. The number of unbranched alkanes of at least 4 members (excludes halogenated alkanes) is 3. The highest BCUT2D eigenvalue weighted by molar-refractivity contribution is 14.0. The molecule has 0 aliphatic carbocycles. The number of halogens is 1. The van der Waals surface area contributed by atoms with Crippen LogP contribution < -0.4 is 10.6 Å². The normalized spacial score (nSPS) is 18.9. The molecule has 1 aliphatic rings. The van der Waals surface area contributed by atoms with E-state index in [4.69, 9.17) is 0 Å². The van der Waals surface area contributed by atoms with Crippen LogP contribution in [0.4, 0.5) is 0 Å². The van der Waals surface area contributed by atoms with Gasteiger partial charge in [-0.2, -0.15) is 0 Å². The van der Waals surface area contributed by atoms with E-state index in [2.05, 4.69) is 53.1 Å². The standard InChI is InChI=1S/C20H43N5.HI/c1-6-8-9-10-11-19(4)23-20(21-5)22-16-18(3)17-25-14-12-24(7-2)13-15-25;/h18-19H,6-17H2,1-5H3,(H2,21,22,23);1H. The summed E-state index contributed by atoms with van der Waals surface area (Å²) in [5.74, 6) is 1.58. The van der Waals surface area contributed by atoms with Crippen LogP contribution in [-0.2, 0) is 0 Å². The Bertz CT molecular complexity index is 356. The van der Waals surface area contributed by atoms with Gasteiger partial charge in [0.2, 0.25) is 0 Å². The second kappa shape index (κ2) is 15.9. The molecule has 0 amide bonds. The molecule has 0 saturated carbocycles. The van der Waals surface area contributed by atoms with E-state index in [-0.39, 0.29) is 24.0 Å². The maximum Gasteiger partial charge on any atom is 0.191 e. The first kappa shape index (κ1) is 25.9. The number of nitrogens with one attached hydrogen (secondary N) is 2. The summed E-state index contributed by atoms with van der Waals surface area (Å²) in [6.45, 7) is 17.3. The number of hydrogen-bond donors (Lipinski definition) is 2. The predicted octanol–water partition coefficient (Wildman–Crippen LogP) is 3.40. The minimum atomic E-state index is 0. The van der Waals surface area contributed by atoms with Crippen LogP contribution in [0.25, 0.3) is 0 Å². The van der Waals surface area contributed by atoms with Crippen LogP contribution in [0.5, 0.6) is 0 Å². The van der Waals surface area contributed by atoms with Gasteiger partial charge in [0.15, 0.2) is 5.96 Å². The minimum absolute atomic E-state index is 0. The molecule has 26 heavy (non-hydrogen) atoms. The molecular formula is C20H44IN5. The molecule has 0 spiro atoms. The molecule has 156 valence electrons. The van der Waals surface area contributed by atoms with E-state index in [1.165, 1.54) is 71.4 Å². The van der Waals surface area contributed by atoms with Gasteiger partial charge in [0.25, 0.3) is 0 Å².